The zero-order valence-corrected chi connectivity index (χ0v) is 10.4. The van der Waals surface area contributed by atoms with Crippen molar-refractivity contribution in [1.82, 2.24) is 15.4 Å². The van der Waals surface area contributed by atoms with E-state index >= 15 is 0 Å². The minimum atomic E-state index is -0.220. The summed E-state index contributed by atoms with van der Waals surface area (Å²) >= 11 is 0. The molecule has 2 rings (SSSR count). The summed E-state index contributed by atoms with van der Waals surface area (Å²) in [5.74, 6) is 5.02. The van der Waals surface area contributed by atoms with E-state index in [0.29, 0.717) is 37.4 Å². The maximum atomic E-state index is 12.0. The van der Waals surface area contributed by atoms with Crippen molar-refractivity contribution in [3.8, 4) is 11.8 Å². The highest BCUT2D eigenvalue weighted by atomic mass is 16.5. The molecule has 100 valence electrons. The molecule has 6 heteroatoms. The Hall–Kier alpha value is -1.94. The Morgan fingerprint density at radius 3 is 3.00 bits per heavy atom. The topological polar surface area (TPSA) is 74.7 Å². The van der Waals surface area contributed by atoms with Gasteiger partial charge in [0.1, 0.15) is 6.61 Å². The largest absolute Gasteiger partial charge is 0.384 e. The number of hydrogen-bond donors (Lipinski definition) is 2. The van der Waals surface area contributed by atoms with Crippen molar-refractivity contribution in [3.05, 3.63) is 29.6 Å². The summed E-state index contributed by atoms with van der Waals surface area (Å²) in [6.45, 7) is 2.34. The van der Waals surface area contributed by atoms with Crippen molar-refractivity contribution in [1.29, 1.82) is 0 Å². The van der Waals surface area contributed by atoms with Crippen molar-refractivity contribution in [2.75, 3.05) is 32.9 Å². The lowest BCUT2D eigenvalue weighted by atomic mass is 10.2. The molecule has 0 saturated carbocycles. The molecule has 1 saturated heterocycles. The van der Waals surface area contributed by atoms with Gasteiger partial charge in [0.25, 0.3) is 5.91 Å². The van der Waals surface area contributed by atoms with Crippen LogP contribution in [0.3, 0.4) is 0 Å². The van der Waals surface area contributed by atoms with Crippen molar-refractivity contribution in [2.45, 2.75) is 0 Å². The molecule has 1 amide bonds. The summed E-state index contributed by atoms with van der Waals surface area (Å²) in [7, 11) is 0. The Morgan fingerprint density at radius 2 is 2.26 bits per heavy atom. The van der Waals surface area contributed by atoms with Crippen LogP contribution in [0, 0.1) is 11.8 Å². The first-order chi connectivity index (χ1) is 9.29. The van der Waals surface area contributed by atoms with Gasteiger partial charge in [-0.1, -0.05) is 11.8 Å². The fraction of sp³-hybridized carbons (Fsp3) is 0.385. The quantitative estimate of drug-likeness (QED) is 0.696. The highest BCUT2D eigenvalue weighted by Crippen LogP contribution is 2.02. The van der Waals surface area contributed by atoms with E-state index in [0.717, 1.165) is 0 Å². The molecule has 0 aromatic carbocycles. The fourth-order valence-electron chi connectivity index (χ4n) is 1.66. The van der Waals surface area contributed by atoms with Gasteiger partial charge < -0.3 is 9.84 Å². The van der Waals surface area contributed by atoms with Gasteiger partial charge in [0.15, 0.2) is 0 Å². The highest BCUT2D eigenvalue weighted by molar-refractivity contribution is 5.93. The van der Waals surface area contributed by atoms with Crippen LogP contribution < -0.4 is 5.43 Å². The number of pyridine rings is 1. The standard InChI is InChI=1S/C13H15N3O3/c17-5-1-2-11-8-12(10-14-9-11)13(18)15-16-3-6-19-7-4-16/h8-10,17H,3-7H2,(H,15,18). The summed E-state index contributed by atoms with van der Waals surface area (Å²) in [6, 6.07) is 1.64. The number of nitrogens with zero attached hydrogens (tertiary/aromatic N) is 2. The van der Waals surface area contributed by atoms with Crippen LogP contribution in [0.1, 0.15) is 15.9 Å². The van der Waals surface area contributed by atoms with E-state index in [2.05, 4.69) is 22.3 Å². The van der Waals surface area contributed by atoms with Crippen LogP contribution in [0.5, 0.6) is 0 Å². The van der Waals surface area contributed by atoms with Crippen LogP contribution in [0.4, 0.5) is 0 Å². The molecule has 2 N–H and O–H groups in total. The van der Waals surface area contributed by atoms with Gasteiger partial charge >= 0.3 is 0 Å². The van der Waals surface area contributed by atoms with Crippen molar-refractivity contribution in [3.63, 3.8) is 0 Å². The van der Waals surface area contributed by atoms with E-state index in [4.69, 9.17) is 9.84 Å². The van der Waals surface area contributed by atoms with Crippen LogP contribution in [-0.4, -0.2) is 53.9 Å². The number of aromatic nitrogens is 1. The molecular weight excluding hydrogens is 246 g/mol. The van der Waals surface area contributed by atoms with Crippen LogP contribution in [0.15, 0.2) is 18.5 Å². The van der Waals surface area contributed by atoms with Crippen LogP contribution in [0.25, 0.3) is 0 Å². The number of nitrogens with one attached hydrogen (secondary N) is 1. The molecule has 0 radical (unpaired) electrons. The van der Waals surface area contributed by atoms with Crippen molar-refractivity contribution in [2.24, 2.45) is 0 Å². The molecule has 1 aromatic heterocycles. The van der Waals surface area contributed by atoms with Crippen molar-refractivity contribution >= 4 is 5.91 Å². The summed E-state index contributed by atoms with van der Waals surface area (Å²) in [4.78, 5) is 16.0. The number of ether oxygens (including phenoxy) is 1. The zero-order valence-electron chi connectivity index (χ0n) is 10.4. The first-order valence-electron chi connectivity index (χ1n) is 5.98. The number of rotatable bonds is 2. The van der Waals surface area contributed by atoms with E-state index < -0.39 is 0 Å². The smallest absolute Gasteiger partial charge is 0.267 e. The van der Waals surface area contributed by atoms with Crippen LogP contribution >= 0.6 is 0 Å². The molecule has 0 spiro atoms. The Bertz CT molecular complexity index is 501. The number of aliphatic hydroxyl groups is 1. The number of amides is 1. The third kappa shape index (κ3) is 4.03. The average molecular weight is 261 g/mol. The highest BCUT2D eigenvalue weighted by Gasteiger charge is 2.14. The second-order valence-electron chi connectivity index (χ2n) is 3.96. The summed E-state index contributed by atoms with van der Waals surface area (Å²) in [5.41, 5.74) is 3.84. The van der Waals surface area contributed by atoms with Crippen molar-refractivity contribution < 1.29 is 14.6 Å². The van der Waals surface area contributed by atoms with E-state index in [-0.39, 0.29) is 12.5 Å². The first-order valence-corrected chi connectivity index (χ1v) is 5.98. The number of morpholine rings is 1. The average Bonchev–Trinajstić information content (AvgIpc) is 2.46. The third-order valence-corrected chi connectivity index (χ3v) is 2.58. The van der Waals surface area contributed by atoms with Gasteiger partial charge in [-0.3, -0.25) is 15.2 Å². The summed E-state index contributed by atoms with van der Waals surface area (Å²) in [5, 5.41) is 10.4. The molecular formula is C13H15N3O3. The van der Waals surface area contributed by atoms with Gasteiger partial charge in [-0.25, -0.2) is 5.01 Å². The molecule has 0 aliphatic carbocycles. The van der Waals surface area contributed by atoms with Gasteiger partial charge in [0.2, 0.25) is 0 Å². The van der Waals surface area contributed by atoms with E-state index in [1.807, 2.05) is 5.01 Å². The first kappa shape index (κ1) is 13.5. The third-order valence-electron chi connectivity index (χ3n) is 2.58. The Labute approximate surface area is 111 Å². The lowest BCUT2D eigenvalue weighted by Crippen LogP contribution is -2.48. The number of hydrogen-bond acceptors (Lipinski definition) is 5. The minimum absolute atomic E-state index is 0.218. The monoisotopic (exact) mass is 261 g/mol. The van der Waals surface area contributed by atoms with Gasteiger partial charge in [0.05, 0.1) is 18.8 Å². The van der Waals surface area contributed by atoms with Crippen LogP contribution in [0.2, 0.25) is 0 Å². The van der Waals surface area contributed by atoms with E-state index in [1.54, 1.807) is 12.3 Å². The minimum Gasteiger partial charge on any atom is -0.384 e. The lowest BCUT2D eigenvalue weighted by molar-refractivity contribution is 0.0126. The summed E-state index contributed by atoms with van der Waals surface area (Å²) in [6.07, 6.45) is 3.04. The predicted octanol–water partition coefficient (Wildman–Crippen LogP) is -0.598. The maximum Gasteiger partial charge on any atom is 0.267 e. The molecule has 1 aliphatic rings. The molecule has 1 aliphatic heterocycles. The zero-order chi connectivity index (χ0) is 13.5. The van der Waals surface area contributed by atoms with Gasteiger partial charge in [-0.05, 0) is 6.07 Å². The Morgan fingerprint density at radius 1 is 1.47 bits per heavy atom. The van der Waals surface area contributed by atoms with E-state index in [1.165, 1.54) is 6.20 Å². The van der Waals surface area contributed by atoms with Gasteiger partial charge in [0, 0.05) is 31.0 Å². The van der Waals surface area contributed by atoms with Gasteiger partial charge in [-0.2, -0.15) is 0 Å². The molecule has 19 heavy (non-hydrogen) atoms. The van der Waals surface area contributed by atoms with Crippen LogP contribution in [-0.2, 0) is 4.74 Å². The van der Waals surface area contributed by atoms with Gasteiger partial charge in [-0.15, -0.1) is 0 Å². The molecule has 2 heterocycles. The molecule has 1 fully saturated rings. The fourth-order valence-corrected chi connectivity index (χ4v) is 1.66. The SMILES string of the molecule is O=C(NN1CCOCC1)c1cncc(C#CCO)c1. The normalized spacial score (nSPS) is 15.4. The summed E-state index contributed by atoms with van der Waals surface area (Å²) < 4.78 is 5.20. The second kappa shape index (κ2) is 6.85. The molecule has 0 unspecified atom stereocenters. The van der Waals surface area contributed by atoms with E-state index in [9.17, 15) is 4.79 Å². The Kier molecular flexibility index (Phi) is 4.86. The Balaban J connectivity index is 2.01. The number of carbonyl (C=O) groups is 1. The second-order valence-corrected chi connectivity index (χ2v) is 3.96. The molecule has 6 nitrogen and oxygen atoms in total. The molecule has 0 bridgehead atoms. The molecule has 0 atom stereocenters. The lowest BCUT2D eigenvalue weighted by Gasteiger charge is -2.26. The predicted molar refractivity (Wildman–Crippen MR) is 68.1 cm³/mol. The number of hydrazine groups is 1. The maximum absolute atomic E-state index is 12.0. The number of carbonyl (C=O) groups excluding carboxylic acids is 1. The number of aliphatic hydroxyl groups excluding tert-OH is 1. The molecule has 1 aromatic rings.